The fraction of sp³-hybridized carbons (Fsp3) is 0.133. The standard InChI is InChI=1S/C15H13BrFN3O3/c1-9(23-13-4-2-12(17)3-5-13)14(21)19-20-15(22)10-6-11(16)8-18-7-10/h2-9H,1H3,(H,19,21)(H,20,22). The molecule has 1 atom stereocenters. The van der Waals surface area contributed by atoms with Crippen molar-refractivity contribution in [3.63, 3.8) is 0 Å². The number of hydrazine groups is 1. The zero-order valence-corrected chi connectivity index (χ0v) is 13.6. The molecule has 0 radical (unpaired) electrons. The molecular formula is C15H13BrFN3O3. The number of pyridine rings is 1. The van der Waals surface area contributed by atoms with Crippen LogP contribution in [-0.4, -0.2) is 22.9 Å². The third-order valence-electron chi connectivity index (χ3n) is 2.76. The van der Waals surface area contributed by atoms with E-state index in [1.165, 1.54) is 43.6 Å². The molecule has 2 amide bonds. The fourth-order valence-electron chi connectivity index (χ4n) is 1.60. The van der Waals surface area contributed by atoms with Gasteiger partial charge in [0, 0.05) is 16.9 Å². The molecule has 1 aromatic carbocycles. The Hall–Kier alpha value is -2.48. The third-order valence-corrected chi connectivity index (χ3v) is 3.20. The molecule has 8 heteroatoms. The van der Waals surface area contributed by atoms with Crippen LogP contribution < -0.4 is 15.6 Å². The summed E-state index contributed by atoms with van der Waals surface area (Å²) in [6.07, 6.45) is 2.03. The molecule has 1 aromatic heterocycles. The van der Waals surface area contributed by atoms with Crippen molar-refractivity contribution in [3.05, 3.63) is 58.6 Å². The van der Waals surface area contributed by atoms with Crippen LogP contribution in [0.1, 0.15) is 17.3 Å². The molecule has 0 saturated heterocycles. The molecule has 0 spiro atoms. The van der Waals surface area contributed by atoms with Crippen LogP contribution in [0.2, 0.25) is 0 Å². The summed E-state index contributed by atoms with van der Waals surface area (Å²) in [5.74, 6) is -1.12. The highest BCUT2D eigenvalue weighted by atomic mass is 79.9. The molecule has 0 aliphatic heterocycles. The number of halogens is 2. The maximum absolute atomic E-state index is 12.8. The topological polar surface area (TPSA) is 80.3 Å². The van der Waals surface area contributed by atoms with E-state index in [2.05, 4.69) is 31.8 Å². The van der Waals surface area contributed by atoms with Crippen LogP contribution in [0, 0.1) is 5.82 Å². The van der Waals surface area contributed by atoms with Crippen molar-refractivity contribution in [1.29, 1.82) is 0 Å². The summed E-state index contributed by atoms with van der Waals surface area (Å²) in [6.45, 7) is 1.51. The van der Waals surface area contributed by atoms with Crippen molar-refractivity contribution >= 4 is 27.7 Å². The minimum Gasteiger partial charge on any atom is -0.481 e. The number of aromatic nitrogens is 1. The van der Waals surface area contributed by atoms with Gasteiger partial charge in [0.1, 0.15) is 11.6 Å². The van der Waals surface area contributed by atoms with Gasteiger partial charge in [-0.05, 0) is 53.2 Å². The average molecular weight is 382 g/mol. The van der Waals surface area contributed by atoms with Crippen LogP contribution >= 0.6 is 15.9 Å². The van der Waals surface area contributed by atoms with Gasteiger partial charge in [-0.15, -0.1) is 0 Å². The number of nitrogens with zero attached hydrogens (tertiary/aromatic N) is 1. The zero-order valence-electron chi connectivity index (χ0n) is 12.0. The monoisotopic (exact) mass is 381 g/mol. The first-order chi connectivity index (χ1) is 11.0. The second-order valence-electron chi connectivity index (χ2n) is 4.55. The molecule has 6 nitrogen and oxygen atoms in total. The Morgan fingerprint density at radius 3 is 2.57 bits per heavy atom. The van der Waals surface area contributed by atoms with E-state index in [1.807, 2.05) is 0 Å². The van der Waals surface area contributed by atoms with Crippen LogP contribution in [0.5, 0.6) is 5.75 Å². The van der Waals surface area contributed by atoms with Gasteiger partial charge in [-0.2, -0.15) is 0 Å². The lowest BCUT2D eigenvalue weighted by molar-refractivity contribution is -0.128. The lowest BCUT2D eigenvalue weighted by atomic mass is 10.3. The summed E-state index contributed by atoms with van der Waals surface area (Å²) in [5.41, 5.74) is 4.80. The van der Waals surface area contributed by atoms with Gasteiger partial charge < -0.3 is 4.74 Å². The van der Waals surface area contributed by atoms with E-state index in [4.69, 9.17) is 4.74 Å². The van der Waals surface area contributed by atoms with Gasteiger partial charge in [-0.1, -0.05) is 0 Å². The molecule has 1 unspecified atom stereocenters. The van der Waals surface area contributed by atoms with Gasteiger partial charge in [-0.25, -0.2) is 4.39 Å². The number of nitrogens with one attached hydrogen (secondary N) is 2. The van der Waals surface area contributed by atoms with Crippen molar-refractivity contribution in [1.82, 2.24) is 15.8 Å². The van der Waals surface area contributed by atoms with Crippen LogP contribution in [0.3, 0.4) is 0 Å². The van der Waals surface area contributed by atoms with Crippen LogP contribution in [-0.2, 0) is 4.79 Å². The number of carbonyl (C=O) groups excluding carboxylic acids is 2. The first-order valence-electron chi connectivity index (χ1n) is 6.58. The molecule has 0 saturated carbocycles. The second-order valence-corrected chi connectivity index (χ2v) is 5.46. The lowest BCUT2D eigenvalue weighted by Crippen LogP contribution is -2.47. The average Bonchev–Trinajstić information content (AvgIpc) is 2.54. The molecule has 23 heavy (non-hydrogen) atoms. The first kappa shape index (κ1) is 16.9. The minimum atomic E-state index is -0.874. The summed E-state index contributed by atoms with van der Waals surface area (Å²) in [6, 6.07) is 6.83. The number of benzene rings is 1. The Kier molecular flexibility index (Phi) is 5.64. The Bertz CT molecular complexity index is 709. The maximum atomic E-state index is 12.8. The highest BCUT2D eigenvalue weighted by Gasteiger charge is 2.16. The number of hydrogen-bond acceptors (Lipinski definition) is 4. The number of carbonyl (C=O) groups is 2. The number of rotatable bonds is 4. The molecule has 0 bridgehead atoms. The van der Waals surface area contributed by atoms with Gasteiger partial charge in [0.25, 0.3) is 11.8 Å². The number of ether oxygens (including phenoxy) is 1. The van der Waals surface area contributed by atoms with E-state index < -0.39 is 23.7 Å². The van der Waals surface area contributed by atoms with Crippen LogP contribution in [0.25, 0.3) is 0 Å². The van der Waals surface area contributed by atoms with E-state index in [0.717, 1.165) is 0 Å². The molecular weight excluding hydrogens is 369 g/mol. The summed E-state index contributed by atoms with van der Waals surface area (Å²) < 4.78 is 18.8. The van der Waals surface area contributed by atoms with Crippen molar-refractivity contribution in [2.45, 2.75) is 13.0 Å². The van der Waals surface area contributed by atoms with Gasteiger partial charge in [-0.3, -0.25) is 25.4 Å². The zero-order chi connectivity index (χ0) is 16.8. The van der Waals surface area contributed by atoms with E-state index in [0.29, 0.717) is 10.2 Å². The number of amides is 2. The molecule has 0 aliphatic carbocycles. The van der Waals surface area contributed by atoms with Crippen molar-refractivity contribution < 1.29 is 18.7 Å². The van der Waals surface area contributed by atoms with Gasteiger partial charge in [0.05, 0.1) is 5.56 Å². The van der Waals surface area contributed by atoms with E-state index in [-0.39, 0.29) is 5.56 Å². The molecule has 0 aliphatic rings. The Balaban J connectivity index is 1.86. The fourth-order valence-corrected chi connectivity index (χ4v) is 1.96. The Labute approximate surface area is 140 Å². The van der Waals surface area contributed by atoms with Crippen LogP contribution in [0.15, 0.2) is 47.2 Å². The van der Waals surface area contributed by atoms with Gasteiger partial charge in [0.15, 0.2) is 6.10 Å². The molecule has 0 fully saturated rings. The van der Waals surface area contributed by atoms with Gasteiger partial charge in [0.2, 0.25) is 0 Å². The predicted molar refractivity (Wildman–Crippen MR) is 84.0 cm³/mol. The molecule has 120 valence electrons. The minimum absolute atomic E-state index is 0.284. The summed E-state index contributed by atoms with van der Waals surface area (Å²) in [4.78, 5) is 27.6. The predicted octanol–water partition coefficient (Wildman–Crippen LogP) is 2.21. The van der Waals surface area contributed by atoms with E-state index in [1.54, 1.807) is 6.07 Å². The smallest absolute Gasteiger partial charge is 0.279 e. The normalized spacial score (nSPS) is 11.4. The van der Waals surface area contributed by atoms with Gasteiger partial charge >= 0.3 is 0 Å². The SMILES string of the molecule is CC(Oc1ccc(F)cc1)C(=O)NNC(=O)c1cncc(Br)c1. The largest absolute Gasteiger partial charge is 0.481 e. The molecule has 1 heterocycles. The van der Waals surface area contributed by atoms with Crippen molar-refractivity contribution in [3.8, 4) is 5.75 Å². The summed E-state index contributed by atoms with van der Waals surface area (Å²) in [5, 5.41) is 0. The highest BCUT2D eigenvalue weighted by Crippen LogP contribution is 2.13. The number of hydrogen-bond donors (Lipinski definition) is 2. The Morgan fingerprint density at radius 1 is 1.22 bits per heavy atom. The van der Waals surface area contributed by atoms with Crippen molar-refractivity contribution in [2.75, 3.05) is 0 Å². The Morgan fingerprint density at radius 2 is 1.91 bits per heavy atom. The molecule has 2 aromatic rings. The molecule has 2 rings (SSSR count). The quantitative estimate of drug-likeness (QED) is 0.795. The maximum Gasteiger partial charge on any atom is 0.279 e. The lowest BCUT2D eigenvalue weighted by Gasteiger charge is -2.15. The second kappa shape index (κ2) is 7.68. The summed E-state index contributed by atoms with van der Waals surface area (Å²) >= 11 is 3.20. The molecule has 2 N–H and O–H groups in total. The van der Waals surface area contributed by atoms with E-state index >= 15 is 0 Å². The highest BCUT2D eigenvalue weighted by molar-refractivity contribution is 9.10. The van der Waals surface area contributed by atoms with Crippen molar-refractivity contribution in [2.24, 2.45) is 0 Å². The third kappa shape index (κ3) is 5.03. The van der Waals surface area contributed by atoms with Crippen LogP contribution in [0.4, 0.5) is 4.39 Å². The summed E-state index contributed by atoms with van der Waals surface area (Å²) in [7, 11) is 0. The first-order valence-corrected chi connectivity index (χ1v) is 7.38. The van der Waals surface area contributed by atoms with E-state index in [9.17, 15) is 14.0 Å².